The Kier molecular flexibility index (Phi) is 6.41. The predicted octanol–water partition coefficient (Wildman–Crippen LogP) is 1.57. The number of hydrazine groups is 1. The molecular formula is C14H23FN4O. The average Bonchev–Trinajstić information content (AvgIpc) is 2.44. The summed E-state index contributed by atoms with van der Waals surface area (Å²) in [5.74, 6) is 4.38. The van der Waals surface area contributed by atoms with Gasteiger partial charge in [-0.15, -0.1) is 0 Å². The molecule has 1 atom stereocenters. The molecule has 20 heavy (non-hydrogen) atoms. The van der Waals surface area contributed by atoms with E-state index in [9.17, 15) is 9.18 Å². The normalized spacial score (nSPS) is 12.3. The van der Waals surface area contributed by atoms with Gasteiger partial charge in [-0.2, -0.15) is 0 Å². The monoisotopic (exact) mass is 282 g/mol. The van der Waals surface area contributed by atoms with Crippen LogP contribution in [-0.2, 0) is 0 Å². The van der Waals surface area contributed by atoms with Crippen LogP contribution in [0.4, 0.5) is 10.1 Å². The lowest BCUT2D eigenvalue weighted by molar-refractivity contribution is 0.0930. The fourth-order valence-corrected chi connectivity index (χ4v) is 2.08. The van der Waals surface area contributed by atoms with Gasteiger partial charge in [-0.3, -0.25) is 10.6 Å². The molecule has 0 aliphatic carbocycles. The summed E-state index contributed by atoms with van der Waals surface area (Å²) in [6.45, 7) is 8.66. The van der Waals surface area contributed by atoms with Gasteiger partial charge >= 0.3 is 0 Å². The fraction of sp³-hybridized carbons (Fsp3) is 0.500. The van der Waals surface area contributed by atoms with E-state index in [1.54, 1.807) is 0 Å². The molecule has 0 saturated carbocycles. The molecule has 5 nitrogen and oxygen atoms in total. The Labute approximate surface area is 119 Å². The number of nitrogens with two attached hydrogens (primary N) is 1. The van der Waals surface area contributed by atoms with Gasteiger partial charge in [-0.1, -0.05) is 19.9 Å². The van der Waals surface area contributed by atoms with Crippen molar-refractivity contribution in [3.8, 4) is 0 Å². The molecular weight excluding hydrogens is 259 g/mol. The van der Waals surface area contributed by atoms with E-state index in [-0.39, 0.29) is 23.2 Å². The minimum atomic E-state index is -0.545. The number of rotatable bonds is 7. The van der Waals surface area contributed by atoms with Crippen molar-refractivity contribution < 1.29 is 9.18 Å². The molecule has 1 aromatic rings. The third-order valence-corrected chi connectivity index (χ3v) is 3.21. The Hall–Kier alpha value is -1.66. The highest BCUT2D eigenvalue weighted by molar-refractivity contribution is 5.99. The number of nitrogen functional groups attached to an aromatic ring is 1. The van der Waals surface area contributed by atoms with Crippen LogP contribution in [0, 0.1) is 5.82 Å². The third-order valence-electron chi connectivity index (χ3n) is 3.21. The molecule has 1 aromatic carbocycles. The van der Waals surface area contributed by atoms with Crippen LogP contribution < -0.4 is 16.6 Å². The van der Waals surface area contributed by atoms with Gasteiger partial charge in [0.25, 0.3) is 5.91 Å². The number of para-hydroxylation sites is 1. The van der Waals surface area contributed by atoms with Crippen molar-refractivity contribution in [3.05, 3.63) is 29.6 Å². The number of likely N-dealkylation sites (N-methyl/N-ethyl adjacent to an activating group) is 1. The number of carbonyl (C=O) groups excluding carboxylic acids is 1. The van der Waals surface area contributed by atoms with Crippen LogP contribution in [0.1, 0.15) is 31.1 Å². The summed E-state index contributed by atoms with van der Waals surface area (Å²) < 4.78 is 13.5. The second-order valence-electron chi connectivity index (χ2n) is 4.67. The van der Waals surface area contributed by atoms with Crippen LogP contribution in [0.2, 0.25) is 0 Å². The summed E-state index contributed by atoms with van der Waals surface area (Å²) in [5, 5.41) is 2.85. The molecule has 1 rings (SSSR count). The predicted molar refractivity (Wildman–Crippen MR) is 78.9 cm³/mol. The maximum Gasteiger partial charge on any atom is 0.253 e. The zero-order valence-corrected chi connectivity index (χ0v) is 12.2. The number of anilines is 1. The highest BCUT2D eigenvalue weighted by Crippen LogP contribution is 2.18. The van der Waals surface area contributed by atoms with Crippen LogP contribution >= 0.6 is 0 Å². The molecule has 0 spiro atoms. The summed E-state index contributed by atoms with van der Waals surface area (Å²) in [5.41, 5.74) is 2.46. The molecule has 1 amide bonds. The number of nitrogens with zero attached hydrogens (tertiary/aromatic N) is 1. The SMILES string of the molecule is CCN(CC)CC(C)NC(=O)c1cccc(F)c1NN. The van der Waals surface area contributed by atoms with Crippen molar-refractivity contribution >= 4 is 11.6 Å². The number of benzene rings is 1. The van der Waals surface area contributed by atoms with Gasteiger partial charge in [0.2, 0.25) is 0 Å². The standard InChI is InChI=1S/C14H23FN4O/c1-4-19(5-2)9-10(3)17-14(20)11-7-6-8-12(15)13(11)18-16/h6-8,10,18H,4-5,9,16H2,1-3H3,(H,17,20). The minimum Gasteiger partial charge on any atom is -0.348 e. The van der Waals surface area contributed by atoms with Crippen molar-refractivity contribution in [1.82, 2.24) is 10.2 Å². The van der Waals surface area contributed by atoms with Crippen molar-refractivity contribution in [1.29, 1.82) is 0 Å². The Morgan fingerprint density at radius 3 is 2.60 bits per heavy atom. The number of amides is 1. The van der Waals surface area contributed by atoms with E-state index in [1.807, 2.05) is 6.92 Å². The molecule has 0 aliphatic heterocycles. The highest BCUT2D eigenvalue weighted by atomic mass is 19.1. The first-order chi connectivity index (χ1) is 9.53. The Morgan fingerprint density at radius 1 is 1.40 bits per heavy atom. The summed E-state index contributed by atoms with van der Waals surface area (Å²) in [7, 11) is 0. The van der Waals surface area contributed by atoms with Gasteiger partial charge in [0, 0.05) is 12.6 Å². The van der Waals surface area contributed by atoms with Crippen molar-refractivity contribution in [3.63, 3.8) is 0 Å². The fourth-order valence-electron chi connectivity index (χ4n) is 2.08. The summed E-state index contributed by atoms with van der Waals surface area (Å²) in [4.78, 5) is 14.4. The minimum absolute atomic E-state index is 0.0139. The molecule has 0 bridgehead atoms. The summed E-state index contributed by atoms with van der Waals surface area (Å²) in [6.07, 6.45) is 0. The zero-order chi connectivity index (χ0) is 15.1. The van der Waals surface area contributed by atoms with Gasteiger partial charge in [-0.05, 0) is 32.1 Å². The van der Waals surface area contributed by atoms with E-state index in [2.05, 4.69) is 29.5 Å². The zero-order valence-electron chi connectivity index (χ0n) is 12.2. The third kappa shape index (κ3) is 4.18. The molecule has 0 heterocycles. The van der Waals surface area contributed by atoms with Crippen molar-refractivity contribution in [2.45, 2.75) is 26.8 Å². The van der Waals surface area contributed by atoms with E-state index in [0.717, 1.165) is 19.6 Å². The molecule has 0 aliphatic rings. The first-order valence-electron chi connectivity index (χ1n) is 6.81. The topological polar surface area (TPSA) is 70.4 Å². The molecule has 112 valence electrons. The summed E-state index contributed by atoms with van der Waals surface area (Å²) >= 11 is 0. The quantitative estimate of drug-likeness (QED) is 0.524. The molecule has 0 fully saturated rings. The molecule has 6 heteroatoms. The van der Waals surface area contributed by atoms with Gasteiger partial charge < -0.3 is 15.6 Å². The van der Waals surface area contributed by atoms with Crippen LogP contribution in [-0.4, -0.2) is 36.5 Å². The molecule has 0 radical (unpaired) electrons. The van der Waals surface area contributed by atoms with Crippen LogP contribution in [0.25, 0.3) is 0 Å². The largest absolute Gasteiger partial charge is 0.348 e. The lowest BCUT2D eigenvalue weighted by Gasteiger charge is -2.23. The molecule has 0 saturated heterocycles. The molecule has 4 N–H and O–H groups in total. The maximum absolute atomic E-state index is 13.5. The van der Waals surface area contributed by atoms with Gasteiger partial charge in [-0.25, -0.2) is 4.39 Å². The van der Waals surface area contributed by atoms with Crippen LogP contribution in [0.15, 0.2) is 18.2 Å². The van der Waals surface area contributed by atoms with E-state index in [4.69, 9.17) is 5.84 Å². The van der Waals surface area contributed by atoms with Crippen molar-refractivity contribution in [2.24, 2.45) is 5.84 Å². The van der Waals surface area contributed by atoms with Crippen LogP contribution in [0.3, 0.4) is 0 Å². The Balaban J connectivity index is 2.74. The second-order valence-corrected chi connectivity index (χ2v) is 4.67. The number of carbonyl (C=O) groups is 1. The number of nitrogens with one attached hydrogen (secondary N) is 2. The smallest absolute Gasteiger partial charge is 0.253 e. The number of halogens is 1. The van der Waals surface area contributed by atoms with E-state index < -0.39 is 5.82 Å². The average molecular weight is 282 g/mol. The van der Waals surface area contributed by atoms with E-state index >= 15 is 0 Å². The maximum atomic E-state index is 13.5. The Morgan fingerprint density at radius 2 is 2.05 bits per heavy atom. The second kappa shape index (κ2) is 7.81. The van der Waals surface area contributed by atoms with Crippen LogP contribution in [0.5, 0.6) is 0 Å². The lowest BCUT2D eigenvalue weighted by Crippen LogP contribution is -2.42. The number of hydrogen-bond acceptors (Lipinski definition) is 4. The van der Waals surface area contributed by atoms with Crippen molar-refractivity contribution in [2.75, 3.05) is 25.1 Å². The summed E-state index contributed by atoms with van der Waals surface area (Å²) in [6, 6.07) is 4.25. The van der Waals surface area contributed by atoms with Gasteiger partial charge in [0.1, 0.15) is 5.82 Å². The van der Waals surface area contributed by atoms with E-state index in [1.165, 1.54) is 18.2 Å². The Bertz CT molecular complexity index is 449. The lowest BCUT2D eigenvalue weighted by atomic mass is 10.1. The first-order valence-corrected chi connectivity index (χ1v) is 6.81. The van der Waals surface area contributed by atoms with E-state index in [0.29, 0.717) is 0 Å². The number of hydrogen-bond donors (Lipinski definition) is 3. The van der Waals surface area contributed by atoms with Gasteiger partial charge in [0.15, 0.2) is 0 Å². The first kappa shape index (κ1) is 16.4. The molecule has 1 unspecified atom stereocenters. The molecule has 0 aromatic heterocycles. The highest BCUT2D eigenvalue weighted by Gasteiger charge is 2.17. The van der Waals surface area contributed by atoms with Gasteiger partial charge in [0.05, 0.1) is 11.3 Å².